The van der Waals surface area contributed by atoms with Crippen LogP contribution in [0.15, 0.2) is 48.5 Å². The highest BCUT2D eigenvalue weighted by atomic mass is 16.4. The van der Waals surface area contributed by atoms with E-state index in [9.17, 15) is 14.7 Å². The van der Waals surface area contributed by atoms with Gasteiger partial charge < -0.3 is 5.11 Å². The van der Waals surface area contributed by atoms with Crippen molar-refractivity contribution in [2.24, 2.45) is 5.92 Å². The number of aromatic carboxylic acids is 1. The monoisotopic (exact) mass is 334 g/mol. The zero-order chi connectivity index (χ0) is 17.4. The molecule has 0 bridgehead atoms. The highest BCUT2D eigenvalue weighted by Gasteiger charge is 2.47. The molecule has 1 saturated carbocycles. The van der Waals surface area contributed by atoms with Crippen LogP contribution in [0.4, 0.5) is 0 Å². The third-order valence-electron chi connectivity index (χ3n) is 6.12. The minimum atomic E-state index is -0.874. The minimum Gasteiger partial charge on any atom is -0.478 e. The lowest BCUT2D eigenvalue weighted by atomic mass is 9.55. The molecule has 2 aliphatic carbocycles. The van der Waals surface area contributed by atoms with Crippen LogP contribution < -0.4 is 0 Å². The van der Waals surface area contributed by atoms with Crippen molar-refractivity contribution in [2.75, 3.05) is 0 Å². The first-order valence-corrected chi connectivity index (χ1v) is 9.01. The van der Waals surface area contributed by atoms with E-state index < -0.39 is 5.97 Å². The third kappa shape index (κ3) is 2.78. The highest BCUT2D eigenvalue weighted by molar-refractivity contribution is 5.88. The second-order valence-corrected chi connectivity index (χ2v) is 7.47. The molecule has 2 aromatic carbocycles. The number of carbonyl (C=O) groups is 2. The first-order valence-electron chi connectivity index (χ1n) is 9.01. The van der Waals surface area contributed by atoms with Crippen molar-refractivity contribution in [3.63, 3.8) is 0 Å². The molecular formula is C22H22O3. The van der Waals surface area contributed by atoms with Crippen LogP contribution in [0.2, 0.25) is 0 Å². The summed E-state index contributed by atoms with van der Waals surface area (Å²) in [4.78, 5) is 23.4. The fourth-order valence-electron chi connectivity index (χ4n) is 4.91. The van der Waals surface area contributed by atoms with Crippen LogP contribution in [0.25, 0.3) is 0 Å². The number of Topliss-reactive ketones (excluding diaryl/α,β-unsaturated/α-hetero) is 1. The molecule has 3 heteroatoms. The van der Waals surface area contributed by atoms with E-state index in [1.807, 2.05) is 18.2 Å². The number of rotatable bonds is 3. The molecule has 0 heterocycles. The molecule has 128 valence electrons. The maximum Gasteiger partial charge on any atom is 0.335 e. The van der Waals surface area contributed by atoms with Gasteiger partial charge in [0.05, 0.1) is 5.56 Å². The summed E-state index contributed by atoms with van der Waals surface area (Å²) in [6.07, 6.45) is 4.91. The van der Waals surface area contributed by atoms with E-state index in [0.717, 1.165) is 31.2 Å². The first-order chi connectivity index (χ1) is 12.1. The quantitative estimate of drug-likeness (QED) is 0.916. The summed E-state index contributed by atoms with van der Waals surface area (Å²) in [6, 6.07) is 16.0. The van der Waals surface area contributed by atoms with Crippen molar-refractivity contribution >= 4 is 11.8 Å². The lowest BCUT2D eigenvalue weighted by molar-refractivity contribution is -0.123. The number of aryl methyl sites for hydroxylation is 1. The van der Waals surface area contributed by atoms with E-state index in [1.54, 1.807) is 6.07 Å². The van der Waals surface area contributed by atoms with Crippen LogP contribution in [0.5, 0.6) is 0 Å². The molecule has 0 spiro atoms. The maximum atomic E-state index is 12.1. The van der Waals surface area contributed by atoms with Crippen molar-refractivity contribution in [1.82, 2.24) is 0 Å². The molecule has 1 fully saturated rings. The van der Waals surface area contributed by atoms with Crippen molar-refractivity contribution < 1.29 is 14.7 Å². The summed E-state index contributed by atoms with van der Waals surface area (Å²) in [5, 5.41) is 9.31. The fraction of sp³-hybridized carbons (Fsp3) is 0.364. The van der Waals surface area contributed by atoms with Gasteiger partial charge in [0.25, 0.3) is 0 Å². The van der Waals surface area contributed by atoms with Gasteiger partial charge in [0.15, 0.2) is 0 Å². The number of fused-ring (bicyclic) bond motifs is 3. The number of hydrogen-bond donors (Lipinski definition) is 1. The fourth-order valence-corrected chi connectivity index (χ4v) is 4.91. The number of carboxylic acids is 1. The Bertz CT molecular complexity index is 824. The summed E-state index contributed by atoms with van der Waals surface area (Å²) in [5.74, 6) is -0.141. The SMILES string of the molecule is O=C1CC[C@@]2(Cc3ccccc3)c3ccc(C(=O)O)cc3CCC2C1. The van der Waals surface area contributed by atoms with Gasteiger partial charge in [-0.1, -0.05) is 36.4 Å². The average Bonchev–Trinajstić information content (AvgIpc) is 2.62. The predicted octanol–water partition coefficient (Wildman–Crippen LogP) is 4.18. The molecule has 25 heavy (non-hydrogen) atoms. The Morgan fingerprint density at radius 2 is 1.92 bits per heavy atom. The van der Waals surface area contributed by atoms with Gasteiger partial charge in [-0.2, -0.15) is 0 Å². The van der Waals surface area contributed by atoms with Crippen molar-refractivity contribution in [3.8, 4) is 0 Å². The highest BCUT2D eigenvalue weighted by Crippen LogP contribution is 2.51. The Morgan fingerprint density at radius 3 is 2.68 bits per heavy atom. The number of ketones is 1. The average molecular weight is 334 g/mol. The second-order valence-electron chi connectivity index (χ2n) is 7.47. The molecule has 4 rings (SSSR count). The molecule has 1 unspecified atom stereocenters. The summed E-state index contributed by atoms with van der Waals surface area (Å²) in [7, 11) is 0. The summed E-state index contributed by atoms with van der Waals surface area (Å²) in [5.41, 5.74) is 4.03. The van der Waals surface area contributed by atoms with Crippen LogP contribution in [-0.2, 0) is 23.1 Å². The van der Waals surface area contributed by atoms with Gasteiger partial charge in [0.2, 0.25) is 0 Å². The van der Waals surface area contributed by atoms with Gasteiger partial charge in [-0.25, -0.2) is 4.79 Å². The smallest absolute Gasteiger partial charge is 0.335 e. The lowest BCUT2D eigenvalue weighted by Gasteiger charge is -2.48. The Morgan fingerprint density at radius 1 is 1.12 bits per heavy atom. The number of benzene rings is 2. The van der Waals surface area contributed by atoms with Crippen LogP contribution in [0.1, 0.15) is 52.7 Å². The van der Waals surface area contributed by atoms with Crippen LogP contribution >= 0.6 is 0 Å². The number of hydrogen-bond acceptors (Lipinski definition) is 2. The van der Waals surface area contributed by atoms with Gasteiger partial charge in [-0.15, -0.1) is 0 Å². The molecule has 2 aromatic rings. The number of carboxylic acid groups (broad SMARTS) is 1. The molecule has 0 amide bonds. The van der Waals surface area contributed by atoms with E-state index >= 15 is 0 Å². The third-order valence-corrected chi connectivity index (χ3v) is 6.12. The summed E-state index contributed by atoms with van der Waals surface area (Å²) < 4.78 is 0. The molecule has 0 radical (unpaired) electrons. The van der Waals surface area contributed by atoms with E-state index in [-0.39, 0.29) is 5.41 Å². The van der Waals surface area contributed by atoms with Gasteiger partial charge in [-0.3, -0.25) is 4.79 Å². The molecule has 2 aliphatic rings. The maximum absolute atomic E-state index is 12.1. The van der Waals surface area contributed by atoms with Crippen molar-refractivity contribution in [1.29, 1.82) is 0 Å². The molecular weight excluding hydrogens is 312 g/mol. The normalized spacial score (nSPS) is 25.1. The van der Waals surface area contributed by atoms with E-state index in [4.69, 9.17) is 0 Å². The Balaban J connectivity index is 1.81. The molecule has 2 atom stereocenters. The van der Waals surface area contributed by atoms with E-state index in [1.165, 1.54) is 11.1 Å². The topological polar surface area (TPSA) is 54.4 Å². The van der Waals surface area contributed by atoms with Crippen molar-refractivity contribution in [2.45, 2.75) is 43.9 Å². The van der Waals surface area contributed by atoms with Gasteiger partial charge in [0, 0.05) is 18.3 Å². The van der Waals surface area contributed by atoms with Gasteiger partial charge >= 0.3 is 5.97 Å². The van der Waals surface area contributed by atoms with Crippen LogP contribution in [0, 0.1) is 5.92 Å². The second kappa shape index (κ2) is 6.14. The Kier molecular flexibility index (Phi) is 3.95. The van der Waals surface area contributed by atoms with Crippen LogP contribution in [-0.4, -0.2) is 16.9 Å². The summed E-state index contributed by atoms with van der Waals surface area (Å²) >= 11 is 0. The molecule has 0 aliphatic heterocycles. The largest absolute Gasteiger partial charge is 0.478 e. The lowest BCUT2D eigenvalue weighted by Crippen LogP contribution is -2.46. The van der Waals surface area contributed by atoms with Crippen molar-refractivity contribution in [3.05, 3.63) is 70.8 Å². The van der Waals surface area contributed by atoms with E-state index in [0.29, 0.717) is 30.1 Å². The molecule has 3 nitrogen and oxygen atoms in total. The van der Waals surface area contributed by atoms with Gasteiger partial charge in [0.1, 0.15) is 5.78 Å². The van der Waals surface area contributed by atoms with Gasteiger partial charge in [-0.05, 0) is 60.4 Å². The van der Waals surface area contributed by atoms with E-state index in [2.05, 4.69) is 24.3 Å². The zero-order valence-corrected chi connectivity index (χ0v) is 14.2. The molecule has 0 aromatic heterocycles. The first kappa shape index (κ1) is 16.1. The Hall–Kier alpha value is -2.42. The predicted molar refractivity (Wildman–Crippen MR) is 95.9 cm³/mol. The molecule has 0 saturated heterocycles. The Labute approximate surface area is 147 Å². The zero-order valence-electron chi connectivity index (χ0n) is 14.2. The minimum absolute atomic E-state index is 0.0418. The standard InChI is InChI=1S/C22H22O3/c23-19-10-11-22(14-15-4-2-1-3-5-15)18(13-19)8-6-16-12-17(21(24)25)7-9-20(16)22/h1-5,7,9,12,18H,6,8,10-11,13-14H2,(H,24,25)/t18?,22-/m0/s1. The van der Waals surface area contributed by atoms with Crippen LogP contribution in [0.3, 0.4) is 0 Å². The number of carbonyl (C=O) groups excluding carboxylic acids is 1. The summed E-state index contributed by atoms with van der Waals surface area (Å²) in [6.45, 7) is 0. The molecule has 1 N–H and O–H groups in total.